The average molecular weight is 684 g/mol. The first-order valence-electron chi connectivity index (χ1n) is 16.5. The van der Waals surface area contributed by atoms with Gasteiger partial charge in [-0.05, 0) is 68.0 Å². The van der Waals surface area contributed by atoms with Gasteiger partial charge in [-0.1, -0.05) is 24.8 Å². The van der Waals surface area contributed by atoms with Gasteiger partial charge in [0.25, 0.3) is 5.91 Å². The fourth-order valence-corrected chi connectivity index (χ4v) is 5.91. The number of rotatable bonds is 14. The van der Waals surface area contributed by atoms with Crippen molar-refractivity contribution in [1.82, 2.24) is 14.8 Å². The second-order valence-electron chi connectivity index (χ2n) is 11.9. The molecule has 49 heavy (non-hydrogen) atoms. The van der Waals surface area contributed by atoms with Gasteiger partial charge in [0.05, 0.1) is 37.7 Å². The maximum Gasteiger partial charge on any atom is 0.406 e. The van der Waals surface area contributed by atoms with E-state index >= 15 is 0 Å². The fourth-order valence-electron chi connectivity index (χ4n) is 5.91. The number of hydrogen-bond acceptors (Lipinski definition) is 7. The lowest BCUT2D eigenvalue weighted by Crippen LogP contribution is -2.42. The van der Waals surface area contributed by atoms with Gasteiger partial charge in [-0.3, -0.25) is 14.4 Å². The number of nitrogens with one attached hydrogen (secondary N) is 3. The van der Waals surface area contributed by atoms with Crippen molar-refractivity contribution < 1.29 is 37.0 Å². The number of methoxy groups -OCH3 is 2. The molecule has 0 saturated carbocycles. The van der Waals surface area contributed by atoms with E-state index in [9.17, 15) is 27.6 Å². The summed E-state index contributed by atoms with van der Waals surface area (Å²) in [6, 6.07) is 11.9. The lowest BCUT2D eigenvalue weighted by atomic mass is 10.0. The van der Waals surface area contributed by atoms with Crippen molar-refractivity contribution in [3.8, 4) is 17.6 Å². The molecule has 2 aromatic carbocycles. The molecule has 0 aliphatic carbocycles. The molecule has 1 aliphatic heterocycles. The van der Waals surface area contributed by atoms with Gasteiger partial charge >= 0.3 is 12.1 Å². The number of carbonyl (C=O) groups is 3. The van der Waals surface area contributed by atoms with E-state index in [1.165, 1.54) is 25.8 Å². The number of ether oxygens (including phenoxy) is 2. The van der Waals surface area contributed by atoms with Crippen LogP contribution < -0.4 is 20.7 Å². The molecule has 0 atom stereocenters. The van der Waals surface area contributed by atoms with Crippen LogP contribution in [0.3, 0.4) is 0 Å². The van der Waals surface area contributed by atoms with Gasteiger partial charge in [-0.25, -0.2) is 0 Å². The molecule has 3 aromatic rings. The molecule has 2 amide bonds. The number of hydrogen-bond donors (Lipinski definition) is 3. The first kappa shape index (κ1) is 37.0. The van der Waals surface area contributed by atoms with Crippen LogP contribution in [0.1, 0.15) is 67.4 Å². The number of unbranched alkanes of at least 4 members (excludes halogenated alkanes) is 3. The largest absolute Gasteiger partial charge is 0.495 e. The molecule has 3 N–H and O–H groups in total. The molecule has 0 unspecified atom stereocenters. The summed E-state index contributed by atoms with van der Waals surface area (Å²) < 4.78 is 52.3. The number of esters is 1. The SMILES string of the molecule is CNC(=O)c1ccc(NCC#Cc2cc3c(NC4CCN(C(=O)CCCCCCC(=O)OC)CC4)cccc3n2CC(F)(F)F)c(OC)c1. The van der Waals surface area contributed by atoms with Crippen LogP contribution in [0.15, 0.2) is 42.5 Å². The minimum Gasteiger partial charge on any atom is -0.495 e. The highest BCUT2D eigenvalue weighted by Crippen LogP contribution is 2.31. The minimum absolute atomic E-state index is 0.0578. The highest BCUT2D eigenvalue weighted by Gasteiger charge is 2.30. The van der Waals surface area contributed by atoms with Crippen LogP contribution in [0.4, 0.5) is 24.5 Å². The Labute approximate surface area is 284 Å². The molecule has 264 valence electrons. The number of nitrogens with zero attached hydrogens (tertiary/aromatic N) is 2. The number of benzene rings is 2. The monoisotopic (exact) mass is 683 g/mol. The van der Waals surface area contributed by atoms with Gasteiger partial charge in [-0.2, -0.15) is 13.2 Å². The molecule has 0 bridgehead atoms. The molecule has 0 radical (unpaired) electrons. The van der Waals surface area contributed by atoms with Crippen molar-refractivity contribution in [3.05, 3.63) is 53.7 Å². The third-order valence-corrected chi connectivity index (χ3v) is 8.51. The van der Waals surface area contributed by atoms with Crippen LogP contribution in [0.2, 0.25) is 0 Å². The second kappa shape index (κ2) is 17.5. The first-order chi connectivity index (χ1) is 23.5. The smallest absolute Gasteiger partial charge is 0.406 e. The molecule has 1 aliphatic rings. The average Bonchev–Trinajstić information content (AvgIpc) is 3.44. The molecule has 13 heteroatoms. The summed E-state index contributed by atoms with van der Waals surface area (Å²) in [7, 11) is 4.39. The van der Waals surface area contributed by atoms with Crippen LogP contribution >= 0.6 is 0 Å². The predicted octanol–water partition coefficient (Wildman–Crippen LogP) is 5.95. The quantitative estimate of drug-likeness (QED) is 0.109. The number of halogens is 3. The van der Waals surface area contributed by atoms with E-state index in [1.54, 1.807) is 36.4 Å². The molecule has 1 aromatic heterocycles. The zero-order chi connectivity index (χ0) is 35.4. The van der Waals surface area contributed by atoms with Gasteiger partial charge in [0.1, 0.15) is 12.3 Å². The normalized spacial score (nSPS) is 13.4. The van der Waals surface area contributed by atoms with E-state index in [2.05, 4.69) is 32.5 Å². The van der Waals surface area contributed by atoms with Crippen molar-refractivity contribution in [3.63, 3.8) is 0 Å². The molecule has 4 rings (SSSR count). The van der Waals surface area contributed by atoms with Crippen LogP contribution in [0.25, 0.3) is 10.9 Å². The molecular formula is C36H44F3N5O5. The highest BCUT2D eigenvalue weighted by molar-refractivity contribution is 5.95. The van der Waals surface area contributed by atoms with Gasteiger partial charge in [0, 0.05) is 55.7 Å². The number of likely N-dealkylation sites (tertiary alicyclic amines) is 1. The van der Waals surface area contributed by atoms with E-state index in [0.29, 0.717) is 53.8 Å². The lowest BCUT2D eigenvalue weighted by molar-refractivity contribution is -0.141. The van der Waals surface area contributed by atoms with Gasteiger partial charge in [-0.15, -0.1) is 0 Å². The second-order valence-corrected chi connectivity index (χ2v) is 11.9. The third-order valence-electron chi connectivity index (χ3n) is 8.51. The Morgan fingerprint density at radius 1 is 0.959 bits per heavy atom. The Hall–Kier alpha value is -4.86. The molecule has 2 heterocycles. The third kappa shape index (κ3) is 10.6. The number of carbonyl (C=O) groups excluding carboxylic acids is 3. The zero-order valence-corrected chi connectivity index (χ0v) is 28.2. The molecule has 10 nitrogen and oxygen atoms in total. The standard InChI is InChI=1S/C36H44F3N5O5/c1-40-35(47)25-15-16-30(32(22-25)48-2)41-19-9-10-27-23-28-29(11-8-12-31(28)44(27)24-36(37,38)39)42-26-17-20-43(21-18-26)33(45)13-6-4-5-7-14-34(46)49-3/h8,11-12,15-16,22-23,26,41-42H,4-7,13-14,17-21,24H2,1-3H3,(H,40,47). The van der Waals surface area contributed by atoms with Crippen LogP contribution in [-0.2, 0) is 20.9 Å². The topological polar surface area (TPSA) is 114 Å². The maximum atomic E-state index is 13.7. The van der Waals surface area contributed by atoms with E-state index < -0.39 is 12.7 Å². The highest BCUT2D eigenvalue weighted by atomic mass is 19.4. The van der Waals surface area contributed by atoms with E-state index in [0.717, 1.165) is 44.2 Å². The summed E-state index contributed by atoms with van der Waals surface area (Å²) in [5.41, 5.74) is 2.39. The van der Waals surface area contributed by atoms with Crippen molar-refractivity contribution in [2.24, 2.45) is 0 Å². The molecular weight excluding hydrogens is 639 g/mol. The Morgan fingerprint density at radius 2 is 1.69 bits per heavy atom. The van der Waals surface area contributed by atoms with Crippen molar-refractivity contribution in [1.29, 1.82) is 0 Å². The van der Waals surface area contributed by atoms with Gasteiger partial charge in [0.15, 0.2) is 0 Å². The predicted molar refractivity (Wildman–Crippen MR) is 183 cm³/mol. The van der Waals surface area contributed by atoms with Crippen molar-refractivity contribution in [2.45, 2.75) is 70.1 Å². The molecule has 0 spiro atoms. The fraction of sp³-hybridized carbons (Fsp3) is 0.472. The Morgan fingerprint density at radius 3 is 2.37 bits per heavy atom. The van der Waals surface area contributed by atoms with Crippen LogP contribution in [-0.4, -0.2) is 80.4 Å². The lowest BCUT2D eigenvalue weighted by Gasteiger charge is -2.33. The van der Waals surface area contributed by atoms with E-state index in [4.69, 9.17) is 4.74 Å². The Balaban J connectivity index is 1.39. The number of amides is 2. The Kier molecular flexibility index (Phi) is 13.2. The van der Waals surface area contributed by atoms with Gasteiger partial charge < -0.3 is 34.9 Å². The van der Waals surface area contributed by atoms with Crippen molar-refractivity contribution in [2.75, 3.05) is 51.5 Å². The number of piperidine rings is 1. The number of aromatic nitrogens is 1. The van der Waals surface area contributed by atoms with Crippen molar-refractivity contribution >= 4 is 40.1 Å². The van der Waals surface area contributed by atoms with E-state index in [1.807, 2.05) is 11.0 Å². The van der Waals surface area contributed by atoms with Crippen LogP contribution in [0.5, 0.6) is 5.75 Å². The number of alkyl halides is 3. The summed E-state index contributed by atoms with van der Waals surface area (Å²) in [4.78, 5) is 37.8. The maximum absolute atomic E-state index is 13.7. The molecule has 1 saturated heterocycles. The van der Waals surface area contributed by atoms with E-state index in [-0.39, 0.29) is 36.1 Å². The van der Waals surface area contributed by atoms with Gasteiger partial charge in [0.2, 0.25) is 5.91 Å². The number of anilines is 2. The Bertz CT molecular complexity index is 1670. The zero-order valence-electron chi connectivity index (χ0n) is 28.2. The summed E-state index contributed by atoms with van der Waals surface area (Å²) in [6.45, 7) is 0.152. The molecule has 1 fully saturated rings. The summed E-state index contributed by atoms with van der Waals surface area (Å²) in [5, 5.41) is 9.81. The number of fused-ring (bicyclic) bond motifs is 1. The summed E-state index contributed by atoms with van der Waals surface area (Å²) >= 11 is 0. The summed E-state index contributed by atoms with van der Waals surface area (Å²) in [6.07, 6.45) is 1.13. The summed E-state index contributed by atoms with van der Waals surface area (Å²) in [5.74, 6) is 5.91. The first-order valence-corrected chi connectivity index (χ1v) is 16.5. The van der Waals surface area contributed by atoms with Crippen LogP contribution in [0, 0.1) is 11.8 Å². The minimum atomic E-state index is -4.45.